The van der Waals surface area contributed by atoms with Crippen molar-refractivity contribution < 1.29 is 14.6 Å². The largest absolute Gasteiger partial charge is 0.394 e. The number of ether oxygens (including phenoxy) is 1. The highest BCUT2D eigenvalue weighted by Gasteiger charge is 2.17. The number of carbonyl (C=O) groups excluding carboxylic acids is 1. The lowest BCUT2D eigenvalue weighted by Crippen LogP contribution is -2.39. The van der Waals surface area contributed by atoms with E-state index in [1.165, 1.54) is 51.4 Å². The number of aliphatic hydroxyl groups excluding tert-OH is 1. The van der Waals surface area contributed by atoms with Crippen molar-refractivity contribution in [2.45, 2.75) is 109 Å². The van der Waals surface area contributed by atoms with E-state index in [0.717, 1.165) is 24.8 Å². The molecule has 5 heteroatoms. The summed E-state index contributed by atoms with van der Waals surface area (Å²) in [6.07, 6.45) is 14.2. The lowest BCUT2D eigenvalue weighted by molar-refractivity contribution is -0.125. The van der Waals surface area contributed by atoms with Crippen LogP contribution in [0.15, 0.2) is 30.3 Å². The molecule has 1 aromatic carbocycles. The SMILES string of the molecule is CCCCCCCCCCC[C@H](CC(=O)NC(CO)CCCN)OCc1ccccc1. The molecule has 0 radical (unpaired) electrons. The van der Waals surface area contributed by atoms with Gasteiger partial charge in [-0.05, 0) is 31.4 Å². The number of nitrogens with two attached hydrogens (primary N) is 1. The minimum Gasteiger partial charge on any atom is -0.394 e. The summed E-state index contributed by atoms with van der Waals surface area (Å²) in [5.74, 6) is -0.0509. The van der Waals surface area contributed by atoms with Gasteiger partial charge in [0.25, 0.3) is 0 Å². The van der Waals surface area contributed by atoms with Gasteiger partial charge in [-0.2, -0.15) is 0 Å². The van der Waals surface area contributed by atoms with E-state index in [4.69, 9.17) is 10.5 Å². The van der Waals surface area contributed by atoms with Crippen LogP contribution < -0.4 is 11.1 Å². The minimum atomic E-state index is -0.224. The average Bonchev–Trinajstić information content (AvgIpc) is 2.79. The second kappa shape index (κ2) is 19.3. The average molecular weight is 435 g/mol. The molecule has 0 bridgehead atoms. The van der Waals surface area contributed by atoms with Crippen LogP contribution in [0.5, 0.6) is 0 Å². The lowest BCUT2D eigenvalue weighted by Gasteiger charge is -2.21. The Kier molecular flexibility index (Phi) is 17.2. The monoisotopic (exact) mass is 434 g/mol. The predicted molar refractivity (Wildman–Crippen MR) is 129 cm³/mol. The summed E-state index contributed by atoms with van der Waals surface area (Å²) in [6, 6.07) is 9.87. The second-order valence-corrected chi connectivity index (χ2v) is 8.62. The van der Waals surface area contributed by atoms with Crippen molar-refractivity contribution in [3.05, 3.63) is 35.9 Å². The molecule has 1 amide bonds. The Bertz CT molecular complexity index is 539. The highest BCUT2D eigenvalue weighted by Crippen LogP contribution is 2.16. The van der Waals surface area contributed by atoms with E-state index in [9.17, 15) is 9.90 Å². The van der Waals surface area contributed by atoms with Gasteiger partial charge in [0.15, 0.2) is 0 Å². The van der Waals surface area contributed by atoms with Gasteiger partial charge in [0, 0.05) is 0 Å². The van der Waals surface area contributed by atoms with Gasteiger partial charge in [0.2, 0.25) is 5.91 Å². The van der Waals surface area contributed by atoms with Gasteiger partial charge in [-0.1, -0.05) is 95.0 Å². The predicted octanol–water partition coefficient (Wildman–Crippen LogP) is 5.10. The van der Waals surface area contributed by atoms with Crippen LogP contribution in [0.4, 0.5) is 0 Å². The number of nitrogens with one attached hydrogen (secondary N) is 1. The van der Waals surface area contributed by atoms with E-state index in [-0.39, 0.29) is 24.7 Å². The maximum Gasteiger partial charge on any atom is 0.222 e. The fourth-order valence-corrected chi connectivity index (χ4v) is 3.78. The van der Waals surface area contributed by atoms with Gasteiger partial charge < -0.3 is 20.9 Å². The fraction of sp³-hybridized carbons (Fsp3) is 0.731. The standard InChI is InChI=1S/C26H46N2O3/c1-2-3-4-5-6-7-8-9-13-18-25(31-22-23-15-11-10-12-16-23)20-26(30)28-24(21-29)17-14-19-27/h10-12,15-16,24-25,29H,2-9,13-14,17-22,27H2,1H3,(H,28,30)/t24?,25-/m1/s1. The van der Waals surface area contributed by atoms with Crippen molar-refractivity contribution in [1.29, 1.82) is 0 Å². The number of aliphatic hydroxyl groups is 1. The Balaban J connectivity index is 2.38. The van der Waals surface area contributed by atoms with Crippen molar-refractivity contribution in [2.24, 2.45) is 5.73 Å². The molecule has 0 aliphatic heterocycles. The Labute approximate surface area is 190 Å². The summed E-state index contributed by atoms with van der Waals surface area (Å²) in [7, 11) is 0. The molecule has 2 atom stereocenters. The van der Waals surface area contributed by atoms with Crippen LogP contribution in [-0.2, 0) is 16.1 Å². The van der Waals surface area contributed by atoms with Crippen LogP contribution in [0.25, 0.3) is 0 Å². The van der Waals surface area contributed by atoms with Crippen molar-refractivity contribution in [1.82, 2.24) is 5.32 Å². The first-order chi connectivity index (χ1) is 15.2. The van der Waals surface area contributed by atoms with Gasteiger partial charge in [-0.15, -0.1) is 0 Å². The molecule has 0 heterocycles. The van der Waals surface area contributed by atoms with E-state index in [2.05, 4.69) is 12.2 Å². The Morgan fingerprint density at radius 1 is 0.968 bits per heavy atom. The third kappa shape index (κ3) is 15.1. The molecule has 4 N–H and O–H groups in total. The molecule has 0 fully saturated rings. The summed E-state index contributed by atoms with van der Waals surface area (Å²) in [5.41, 5.74) is 6.66. The van der Waals surface area contributed by atoms with Gasteiger partial charge in [0.1, 0.15) is 0 Å². The number of hydrogen-bond donors (Lipinski definition) is 3. The zero-order valence-electron chi connectivity index (χ0n) is 19.7. The summed E-state index contributed by atoms with van der Waals surface area (Å²) in [5, 5.41) is 12.4. The molecule has 1 aromatic rings. The highest BCUT2D eigenvalue weighted by molar-refractivity contribution is 5.76. The maximum atomic E-state index is 12.5. The van der Waals surface area contributed by atoms with Crippen molar-refractivity contribution in [3.8, 4) is 0 Å². The van der Waals surface area contributed by atoms with E-state index < -0.39 is 0 Å². The molecular formula is C26H46N2O3. The first-order valence-corrected chi connectivity index (χ1v) is 12.4. The van der Waals surface area contributed by atoms with Crippen molar-refractivity contribution in [3.63, 3.8) is 0 Å². The summed E-state index contributed by atoms with van der Waals surface area (Å²) >= 11 is 0. The number of rotatable bonds is 20. The van der Waals surface area contributed by atoms with Crippen LogP contribution >= 0.6 is 0 Å². The number of unbranched alkanes of at least 4 members (excludes halogenated alkanes) is 8. The lowest BCUT2D eigenvalue weighted by atomic mass is 10.0. The molecule has 0 saturated heterocycles. The molecule has 0 saturated carbocycles. The fourth-order valence-electron chi connectivity index (χ4n) is 3.78. The maximum absolute atomic E-state index is 12.5. The topological polar surface area (TPSA) is 84.6 Å². The molecule has 1 rings (SSSR count). The van der Waals surface area contributed by atoms with E-state index in [1.807, 2.05) is 30.3 Å². The van der Waals surface area contributed by atoms with E-state index in [1.54, 1.807) is 0 Å². The number of benzene rings is 1. The minimum absolute atomic E-state index is 0.0509. The van der Waals surface area contributed by atoms with Crippen LogP contribution in [0.1, 0.15) is 96.0 Å². The summed E-state index contributed by atoms with van der Waals surface area (Å²) in [6.45, 7) is 3.28. The van der Waals surface area contributed by atoms with Crippen LogP contribution in [0.3, 0.4) is 0 Å². The first-order valence-electron chi connectivity index (χ1n) is 12.4. The van der Waals surface area contributed by atoms with Gasteiger partial charge >= 0.3 is 0 Å². The van der Waals surface area contributed by atoms with E-state index >= 15 is 0 Å². The summed E-state index contributed by atoms with van der Waals surface area (Å²) < 4.78 is 6.12. The van der Waals surface area contributed by atoms with Crippen LogP contribution in [0, 0.1) is 0 Å². The van der Waals surface area contributed by atoms with Crippen LogP contribution in [0.2, 0.25) is 0 Å². The number of carbonyl (C=O) groups is 1. The normalized spacial score (nSPS) is 13.1. The van der Waals surface area contributed by atoms with Crippen molar-refractivity contribution >= 4 is 5.91 Å². The Morgan fingerprint density at radius 2 is 1.61 bits per heavy atom. The molecule has 31 heavy (non-hydrogen) atoms. The zero-order valence-corrected chi connectivity index (χ0v) is 19.7. The molecule has 0 aromatic heterocycles. The highest BCUT2D eigenvalue weighted by atomic mass is 16.5. The van der Waals surface area contributed by atoms with Crippen LogP contribution in [-0.4, -0.2) is 36.3 Å². The van der Waals surface area contributed by atoms with Gasteiger partial charge in [-0.25, -0.2) is 0 Å². The molecule has 1 unspecified atom stereocenters. The van der Waals surface area contributed by atoms with Gasteiger partial charge in [-0.3, -0.25) is 4.79 Å². The molecule has 5 nitrogen and oxygen atoms in total. The Morgan fingerprint density at radius 3 is 2.23 bits per heavy atom. The number of amides is 1. The molecule has 0 aliphatic carbocycles. The van der Waals surface area contributed by atoms with Crippen molar-refractivity contribution in [2.75, 3.05) is 13.2 Å². The quantitative estimate of drug-likeness (QED) is 0.249. The zero-order chi connectivity index (χ0) is 22.6. The number of hydrogen-bond acceptors (Lipinski definition) is 4. The Hall–Kier alpha value is -1.43. The van der Waals surface area contributed by atoms with E-state index in [0.29, 0.717) is 26.0 Å². The molecule has 178 valence electrons. The third-order valence-corrected chi connectivity index (χ3v) is 5.71. The summed E-state index contributed by atoms with van der Waals surface area (Å²) in [4.78, 5) is 12.5. The second-order valence-electron chi connectivity index (χ2n) is 8.62. The molecule has 0 aliphatic rings. The first kappa shape index (κ1) is 27.6. The smallest absolute Gasteiger partial charge is 0.222 e. The molecular weight excluding hydrogens is 388 g/mol. The molecule has 0 spiro atoms. The third-order valence-electron chi connectivity index (χ3n) is 5.71. The van der Waals surface area contributed by atoms with Gasteiger partial charge in [0.05, 0.1) is 31.8 Å².